The van der Waals surface area contributed by atoms with Crippen LogP contribution in [-0.2, 0) is 0 Å². The quantitative estimate of drug-likeness (QED) is 0.159. The molecule has 0 bridgehead atoms. The predicted octanol–water partition coefficient (Wildman–Crippen LogP) is 15.8. The molecule has 0 N–H and O–H groups in total. The first-order valence-electron chi connectivity index (χ1n) is 15.4. The van der Waals surface area contributed by atoms with Crippen LogP contribution in [0.1, 0.15) is 9.75 Å². The van der Waals surface area contributed by atoms with Crippen molar-refractivity contribution in [2.45, 2.75) is 13.8 Å². The molecule has 11 aromatic rings. The molecule has 0 unspecified atom stereocenters. The second-order valence-corrected chi connectivity index (χ2v) is 20.1. The van der Waals surface area contributed by atoms with Gasteiger partial charge in [0, 0.05) is 68.6 Å². The first-order chi connectivity index (χ1) is 23.0. The third-order valence-electron chi connectivity index (χ3n) is 9.21. The number of hydrogen-bond acceptors (Lipinski definition) is 7. The third-order valence-corrected chi connectivity index (χ3v) is 17.8. The van der Waals surface area contributed by atoms with Gasteiger partial charge in [-0.1, -0.05) is 36.4 Å². The van der Waals surface area contributed by atoms with Gasteiger partial charge in [-0.15, -0.1) is 79.4 Å². The topological polar surface area (TPSA) is 0 Å². The zero-order chi connectivity index (χ0) is 31.0. The molecule has 0 aliphatic heterocycles. The molecule has 4 aromatic carbocycles. The number of rotatable bonds is 3. The number of benzene rings is 4. The van der Waals surface area contributed by atoms with Crippen LogP contribution >= 0.6 is 79.4 Å². The molecule has 0 aliphatic rings. The largest absolute Gasteiger partial charge is 0.141 e. The molecule has 7 heterocycles. The molecule has 0 fully saturated rings. The molecule has 47 heavy (non-hydrogen) atoms. The second kappa shape index (κ2) is 10.1. The molecule has 0 saturated carbocycles. The highest BCUT2D eigenvalue weighted by Crippen LogP contribution is 2.51. The summed E-state index contributed by atoms with van der Waals surface area (Å²) in [4.78, 5) is 11.0. The molecular weight excluding hydrogens is 705 g/mol. The van der Waals surface area contributed by atoms with Gasteiger partial charge in [0.1, 0.15) is 0 Å². The Bertz CT molecular complexity index is 3050. The second-order valence-electron chi connectivity index (χ2n) is 12.1. The summed E-state index contributed by atoms with van der Waals surface area (Å²) in [6, 6.07) is 37.4. The maximum atomic E-state index is 2.43. The van der Waals surface area contributed by atoms with Crippen LogP contribution in [-0.4, -0.2) is 0 Å². The number of hydrogen-bond donors (Lipinski definition) is 0. The van der Waals surface area contributed by atoms with Crippen LogP contribution in [0, 0.1) is 13.8 Å². The van der Waals surface area contributed by atoms with Gasteiger partial charge < -0.3 is 0 Å². The smallest absolute Gasteiger partial charge is 0.0636 e. The molecule has 0 nitrogen and oxygen atoms in total. The monoisotopic (exact) mass is 726 g/mol. The summed E-state index contributed by atoms with van der Waals surface area (Å²) in [6.07, 6.45) is 0. The van der Waals surface area contributed by atoms with E-state index in [-0.39, 0.29) is 0 Å². The van der Waals surface area contributed by atoms with Gasteiger partial charge in [0.15, 0.2) is 0 Å². The maximum absolute atomic E-state index is 2.43. The standard InChI is InChI=1S/C40H22S7/c1-19-3-10-31(41-19)35-17-37-39(46-35)40-38(45-37)18-36(47-40)33-14-13-32(44-33)34-16-28-26-7-5-21-22(24(26)9-12-30(28)43-34)4-6-25-23(21)8-11-29-27(25)15-20(2)42-29/h3-18H,1-2H3. The van der Waals surface area contributed by atoms with Crippen molar-refractivity contribution in [2.24, 2.45) is 0 Å². The fraction of sp³-hybridized carbons (Fsp3) is 0.0500. The normalized spacial score (nSPS) is 12.5. The lowest BCUT2D eigenvalue weighted by atomic mass is 9.95. The van der Waals surface area contributed by atoms with Crippen molar-refractivity contribution < 1.29 is 0 Å². The molecule has 0 amide bonds. The number of thiophene rings is 7. The summed E-state index contributed by atoms with van der Waals surface area (Å²) in [7, 11) is 0. The summed E-state index contributed by atoms with van der Waals surface area (Å²) in [5.74, 6) is 0. The zero-order valence-electron chi connectivity index (χ0n) is 25.1. The van der Waals surface area contributed by atoms with Gasteiger partial charge in [0.2, 0.25) is 0 Å². The predicted molar refractivity (Wildman–Crippen MR) is 220 cm³/mol. The van der Waals surface area contributed by atoms with Crippen molar-refractivity contribution in [2.75, 3.05) is 0 Å². The lowest BCUT2D eigenvalue weighted by molar-refractivity contribution is 1.64. The van der Waals surface area contributed by atoms with E-state index < -0.39 is 0 Å². The first-order valence-corrected chi connectivity index (χ1v) is 21.1. The molecule has 0 radical (unpaired) electrons. The summed E-state index contributed by atoms with van der Waals surface area (Å²) >= 11 is 13.5. The van der Waals surface area contributed by atoms with E-state index in [0.717, 1.165) is 0 Å². The van der Waals surface area contributed by atoms with Crippen LogP contribution in [0.2, 0.25) is 0 Å². The first kappa shape index (κ1) is 27.5. The van der Waals surface area contributed by atoms with Crippen LogP contribution in [0.5, 0.6) is 0 Å². The summed E-state index contributed by atoms with van der Waals surface area (Å²) in [6.45, 7) is 4.40. The Morgan fingerprint density at radius 2 is 0.745 bits per heavy atom. The molecule has 0 spiro atoms. The minimum Gasteiger partial charge on any atom is -0.141 e. The maximum Gasteiger partial charge on any atom is 0.0636 e. The van der Waals surface area contributed by atoms with Crippen molar-refractivity contribution in [3.8, 4) is 29.3 Å². The zero-order valence-corrected chi connectivity index (χ0v) is 30.8. The van der Waals surface area contributed by atoms with Crippen molar-refractivity contribution in [3.63, 3.8) is 0 Å². The Labute approximate surface area is 298 Å². The molecule has 0 atom stereocenters. The fourth-order valence-electron chi connectivity index (χ4n) is 7.07. The average Bonchev–Trinajstić information content (AvgIpc) is 3.91. The molecular formula is C40H22S7. The van der Waals surface area contributed by atoms with Crippen LogP contribution in [0.25, 0.3) is 101 Å². The average molecular weight is 727 g/mol. The lowest BCUT2D eigenvalue weighted by Crippen LogP contribution is -1.81. The van der Waals surface area contributed by atoms with Gasteiger partial charge in [-0.3, -0.25) is 0 Å². The Morgan fingerprint density at radius 3 is 1.32 bits per heavy atom. The Hall–Kier alpha value is -3.40. The summed E-state index contributed by atoms with van der Waals surface area (Å²) in [5.41, 5.74) is 0. The lowest BCUT2D eigenvalue weighted by Gasteiger charge is -2.09. The molecule has 7 aromatic heterocycles. The fourth-order valence-corrected chi connectivity index (χ4v) is 15.2. The molecule has 11 rings (SSSR count). The van der Waals surface area contributed by atoms with Gasteiger partial charge in [0.05, 0.1) is 9.40 Å². The minimum absolute atomic E-state index is 1.34. The van der Waals surface area contributed by atoms with Gasteiger partial charge in [-0.05, 0) is 107 Å². The third kappa shape index (κ3) is 4.12. The van der Waals surface area contributed by atoms with Crippen LogP contribution in [0.4, 0.5) is 0 Å². The van der Waals surface area contributed by atoms with Crippen molar-refractivity contribution in [3.05, 3.63) is 107 Å². The SMILES string of the molecule is Cc1ccc(-c2cc3sc4cc(-c5ccc(-c6cc7c(ccc8c7ccc7c9ccc%10sc(C)cc%10c9ccc87)s6)s5)sc4c3s2)s1. The Morgan fingerprint density at radius 1 is 0.277 bits per heavy atom. The molecule has 7 heteroatoms. The number of aryl methyl sites for hydroxylation is 2. The van der Waals surface area contributed by atoms with E-state index in [1.165, 1.54) is 110 Å². The van der Waals surface area contributed by atoms with E-state index in [1.807, 2.05) is 79.4 Å². The van der Waals surface area contributed by atoms with E-state index in [0.29, 0.717) is 0 Å². The highest BCUT2D eigenvalue weighted by atomic mass is 32.1. The van der Waals surface area contributed by atoms with Crippen LogP contribution in [0.3, 0.4) is 0 Å². The van der Waals surface area contributed by atoms with Gasteiger partial charge >= 0.3 is 0 Å². The van der Waals surface area contributed by atoms with Crippen molar-refractivity contribution in [1.82, 2.24) is 0 Å². The van der Waals surface area contributed by atoms with Gasteiger partial charge in [0.25, 0.3) is 0 Å². The summed E-state index contributed by atoms with van der Waals surface area (Å²) in [5, 5.41) is 10.8. The Balaban J connectivity index is 0.980. The van der Waals surface area contributed by atoms with Crippen LogP contribution < -0.4 is 0 Å². The van der Waals surface area contributed by atoms with Gasteiger partial charge in [-0.25, -0.2) is 0 Å². The van der Waals surface area contributed by atoms with E-state index in [9.17, 15) is 0 Å². The van der Waals surface area contributed by atoms with Crippen LogP contribution in [0.15, 0.2) is 97.1 Å². The van der Waals surface area contributed by atoms with Crippen molar-refractivity contribution in [1.29, 1.82) is 0 Å². The van der Waals surface area contributed by atoms with E-state index >= 15 is 0 Å². The van der Waals surface area contributed by atoms with Gasteiger partial charge in [-0.2, -0.15) is 0 Å². The van der Waals surface area contributed by atoms with E-state index in [1.54, 1.807) is 0 Å². The molecule has 0 saturated heterocycles. The molecule has 224 valence electrons. The summed E-state index contributed by atoms with van der Waals surface area (Å²) < 4.78 is 8.46. The van der Waals surface area contributed by atoms with E-state index in [4.69, 9.17) is 0 Å². The number of fused-ring (bicyclic) bond motifs is 12. The highest BCUT2D eigenvalue weighted by molar-refractivity contribution is 7.41. The van der Waals surface area contributed by atoms with Crippen molar-refractivity contribution >= 4 is 151 Å². The molecule has 0 aliphatic carbocycles. The minimum atomic E-state index is 1.34. The van der Waals surface area contributed by atoms with E-state index in [2.05, 4.69) is 111 Å². The highest BCUT2D eigenvalue weighted by Gasteiger charge is 2.18. The Kier molecular flexibility index (Phi) is 5.90.